The van der Waals surface area contributed by atoms with Crippen molar-refractivity contribution in [1.29, 1.82) is 0 Å². The van der Waals surface area contributed by atoms with Gasteiger partial charge in [0.25, 0.3) is 0 Å². The number of hydrogen-bond acceptors (Lipinski definition) is 5. The first-order valence-corrected chi connectivity index (χ1v) is 8.49. The Hall–Kier alpha value is -1.57. The van der Waals surface area contributed by atoms with Crippen molar-refractivity contribution in [2.24, 2.45) is 7.05 Å². The number of nitrogens with zero attached hydrogens (tertiary/aromatic N) is 3. The van der Waals surface area contributed by atoms with Crippen LogP contribution in [0.2, 0.25) is 0 Å². The fourth-order valence-electron chi connectivity index (χ4n) is 2.38. The maximum atomic E-state index is 12.1. The standard InChI is InChI=1S/C14H23N5O2S/c1-9(22-14-18-17-10(2)19(14)3)12(20)16-13(21)15-11-7-5-4-6-8-11/h9,11H,4-8H2,1-3H3,(H2,15,16,20,21)/t9-/m0/s1. The molecule has 0 aromatic carbocycles. The number of carbonyl (C=O) groups excluding carboxylic acids is 2. The Kier molecular flexibility index (Phi) is 5.82. The molecule has 0 aliphatic heterocycles. The molecule has 1 aromatic rings. The maximum absolute atomic E-state index is 12.1. The Balaban J connectivity index is 1.80. The van der Waals surface area contributed by atoms with Gasteiger partial charge in [-0.05, 0) is 26.7 Å². The van der Waals surface area contributed by atoms with E-state index in [1.54, 1.807) is 6.92 Å². The molecule has 122 valence electrons. The van der Waals surface area contributed by atoms with Gasteiger partial charge in [0.1, 0.15) is 5.82 Å². The van der Waals surface area contributed by atoms with Crippen molar-refractivity contribution in [3.05, 3.63) is 5.82 Å². The highest BCUT2D eigenvalue weighted by atomic mass is 32.2. The summed E-state index contributed by atoms with van der Waals surface area (Å²) in [6.45, 7) is 3.59. The Morgan fingerprint density at radius 1 is 1.27 bits per heavy atom. The number of nitrogens with one attached hydrogen (secondary N) is 2. The molecule has 0 unspecified atom stereocenters. The monoisotopic (exact) mass is 325 g/mol. The van der Waals surface area contributed by atoms with Gasteiger partial charge in [0.15, 0.2) is 5.16 Å². The zero-order chi connectivity index (χ0) is 16.1. The second-order valence-corrected chi connectivity index (χ2v) is 6.95. The van der Waals surface area contributed by atoms with Gasteiger partial charge in [-0.3, -0.25) is 10.1 Å². The molecule has 0 bridgehead atoms. The molecule has 2 N–H and O–H groups in total. The summed E-state index contributed by atoms with van der Waals surface area (Å²) in [6.07, 6.45) is 5.48. The number of carbonyl (C=O) groups is 2. The number of imide groups is 1. The molecule has 1 aromatic heterocycles. The van der Waals surface area contributed by atoms with Gasteiger partial charge < -0.3 is 9.88 Å². The molecule has 22 heavy (non-hydrogen) atoms. The van der Waals surface area contributed by atoms with Crippen LogP contribution in [-0.2, 0) is 11.8 Å². The van der Waals surface area contributed by atoms with Crippen molar-refractivity contribution >= 4 is 23.7 Å². The molecule has 7 nitrogen and oxygen atoms in total. The normalized spacial score (nSPS) is 17.0. The van der Waals surface area contributed by atoms with Gasteiger partial charge in [0.05, 0.1) is 5.25 Å². The van der Waals surface area contributed by atoms with E-state index in [9.17, 15) is 9.59 Å². The summed E-state index contributed by atoms with van der Waals surface area (Å²) in [4.78, 5) is 23.9. The number of hydrogen-bond donors (Lipinski definition) is 2. The molecule has 8 heteroatoms. The summed E-state index contributed by atoms with van der Waals surface area (Å²) in [5.74, 6) is 0.462. The molecule has 3 amide bonds. The lowest BCUT2D eigenvalue weighted by Gasteiger charge is -2.23. The number of aryl methyl sites for hydroxylation is 1. The van der Waals surface area contributed by atoms with Crippen LogP contribution in [0.25, 0.3) is 0 Å². The first kappa shape index (κ1) is 16.8. The van der Waals surface area contributed by atoms with Gasteiger partial charge in [-0.1, -0.05) is 31.0 Å². The van der Waals surface area contributed by atoms with Gasteiger partial charge in [0.2, 0.25) is 5.91 Å². The quantitative estimate of drug-likeness (QED) is 0.824. The van der Waals surface area contributed by atoms with Crippen molar-refractivity contribution in [2.75, 3.05) is 0 Å². The second kappa shape index (κ2) is 7.62. The highest BCUT2D eigenvalue weighted by molar-refractivity contribution is 8.00. The van der Waals surface area contributed by atoms with Gasteiger partial charge in [-0.15, -0.1) is 10.2 Å². The highest BCUT2D eigenvalue weighted by Gasteiger charge is 2.21. The van der Waals surface area contributed by atoms with Crippen LogP contribution in [0.1, 0.15) is 44.9 Å². The lowest BCUT2D eigenvalue weighted by atomic mass is 9.96. The van der Waals surface area contributed by atoms with Gasteiger partial charge in [-0.2, -0.15) is 0 Å². The topological polar surface area (TPSA) is 88.9 Å². The maximum Gasteiger partial charge on any atom is 0.321 e. The van der Waals surface area contributed by atoms with E-state index in [0.717, 1.165) is 31.5 Å². The minimum Gasteiger partial charge on any atom is -0.335 e. The van der Waals surface area contributed by atoms with E-state index >= 15 is 0 Å². The molecular formula is C14H23N5O2S. The molecule has 1 aliphatic carbocycles. The predicted octanol–water partition coefficient (Wildman–Crippen LogP) is 1.76. The molecule has 0 saturated heterocycles. The summed E-state index contributed by atoms with van der Waals surface area (Å²) in [7, 11) is 1.85. The predicted molar refractivity (Wildman–Crippen MR) is 84.6 cm³/mol. The molecule has 0 radical (unpaired) electrons. The summed E-state index contributed by atoms with van der Waals surface area (Å²) in [6, 6.07) is -0.218. The molecule has 1 atom stereocenters. The molecule has 2 rings (SSSR count). The van der Waals surface area contributed by atoms with Crippen molar-refractivity contribution < 1.29 is 9.59 Å². The van der Waals surface area contributed by atoms with Gasteiger partial charge >= 0.3 is 6.03 Å². The van der Waals surface area contributed by atoms with Crippen molar-refractivity contribution in [1.82, 2.24) is 25.4 Å². The van der Waals surface area contributed by atoms with Gasteiger partial charge in [-0.25, -0.2) is 4.79 Å². The molecular weight excluding hydrogens is 302 g/mol. The van der Waals surface area contributed by atoms with Crippen molar-refractivity contribution in [3.8, 4) is 0 Å². The minimum absolute atomic E-state index is 0.186. The molecule has 1 fully saturated rings. The number of rotatable bonds is 4. The van der Waals surface area contributed by atoms with Crippen LogP contribution in [0.4, 0.5) is 4.79 Å². The summed E-state index contributed by atoms with van der Waals surface area (Å²) in [5.41, 5.74) is 0. The fraction of sp³-hybridized carbons (Fsp3) is 0.714. The Labute approximate surface area is 134 Å². The number of thioether (sulfide) groups is 1. The molecule has 1 saturated carbocycles. The van der Waals surface area contributed by atoms with Crippen molar-refractivity contribution in [2.45, 2.75) is 62.4 Å². The number of amides is 3. The Morgan fingerprint density at radius 2 is 1.95 bits per heavy atom. The number of aromatic nitrogens is 3. The smallest absolute Gasteiger partial charge is 0.321 e. The first-order chi connectivity index (χ1) is 10.5. The third kappa shape index (κ3) is 4.46. The highest BCUT2D eigenvalue weighted by Crippen LogP contribution is 2.21. The zero-order valence-corrected chi connectivity index (χ0v) is 14.1. The summed E-state index contributed by atoms with van der Waals surface area (Å²) < 4.78 is 1.82. The van der Waals surface area contributed by atoms with Crippen molar-refractivity contribution in [3.63, 3.8) is 0 Å². The summed E-state index contributed by atoms with van der Waals surface area (Å²) >= 11 is 1.28. The average Bonchev–Trinajstić information content (AvgIpc) is 2.80. The largest absolute Gasteiger partial charge is 0.335 e. The van der Waals surface area contributed by atoms with Crippen LogP contribution in [0.5, 0.6) is 0 Å². The SMILES string of the molecule is Cc1nnc(S[C@@H](C)C(=O)NC(=O)NC2CCCCC2)n1C. The third-order valence-corrected chi connectivity index (χ3v) is 5.02. The van der Waals surface area contributed by atoms with Gasteiger partial charge in [0, 0.05) is 13.1 Å². The fourth-order valence-corrected chi connectivity index (χ4v) is 3.24. The second-order valence-electron chi connectivity index (χ2n) is 5.65. The van der Waals surface area contributed by atoms with E-state index < -0.39 is 11.3 Å². The van der Waals surface area contributed by atoms with E-state index in [2.05, 4.69) is 20.8 Å². The van der Waals surface area contributed by atoms with E-state index in [-0.39, 0.29) is 11.9 Å². The van der Waals surface area contributed by atoms with E-state index in [4.69, 9.17) is 0 Å². The average molecular weight is 325 g/mol. The van der Waals surface area contributed by atoms with Crippen LogP contribution >= 0.6 is 11.8 Å². The van der Waals surface area contributed by atoms with Crippen LogP contribution < -0.4 is 10.6 Å². The minimum atomic E-state index is -0.417. The molecule has 0 spiro atoms. The summed E-state index contributed by atoms with van der Waals surface area (Å²) in [5, 5.41) is 13.5. The van der Waals surface area contributed by atoms with Crippen LogP contribution in [0.3, 0.4) is 0 Å². The Morgan fingerprint density at radius 3 is 2.55 bits per heavy atom. The van der Waals surface area contributed by atoms with Crippen LogP contribution in [0, 0.1) is 6.92 Å². The van der Waals surface area contributed by atoms with Crippen LogP contribution in [-0.4, -0.2) is 38.0 Å². The first-order valence-electron chi connectivity index (χ1n) is 7.61. The lowest BCUT2D eigenvalue weighted by molar-refractivity contribution is -0.119. The molecule has 1 aliphatic rings. The third-order valence-electron chi connectivity index (χ3n) is 3.88. The Bertz CT molecular complexity index is 539. The lowest BCUT2D eigenvalue weighted by Crippen LogP contribution is -2.47. The van der Waals surface area contributed by atoms with Crippen LogP contribution in [0.15, 0.2) is 5.16 Å². The molecule has 1 heterocycles. The van der Waals surface area contributed by atoms with E-state index in [1.807, 2.05) is 18.5 Å². The van der Waals surface area contributed by atoms with E-state index in [1.165, 1.54) is 18.2 Å². The van der Waals surface area contributed by atoms with E-state index in [0.29, 0.717) is 5.16 Å². The zero-order valence-electron chi connectivity index (χ0n) is 13.3. The number of urea groups is 1.